The summed E-state index contributed by atoms with van der Waals surface area (Å²) in [6.45, 7) is 2.30. The van der Waals surface area contributed by atoms with Crippen LogP contribution in [0.25, 0.3) is 0 Å². The van der Waals surface area contributed by atoms with E-state index in [2.05, 4.69) is 10.4 Å². The number of hydrogen-bond donors (Lipinski definition) is 2. The van der Waals surface area contributed by atoms with Gasteiger partial charge in [0.25, 0.3) is 5.91 Å². The van der Waals surface area contributed by atoms with E-state index in [0.29, 0.717) is 24.2 Å². The first-order valence-corrected chi connectivity index (χ1v) is 7.15. The van der Waals surface area contributed by atoms with Gasteiger partial charge in [0, 0.05) is 19.2 Å². The van der Waals surface area contributed by atoms with Crippen LogP contribution in [-0.4, -0.2) is 33.3 Å². The van der Waals surface area contributed by atoms with Crippen LogP contribution in [0.3, 0.4) is 0 Å². The third kappa shape index (κ3) is 3.33. The first-order chi connectivity index (χ1) is 10.5. The topological polar surface area (TPSA) is 84.2 Å². The van der Waals surface area contributed by atoms with Crippen molar-refractivity contribution in [3.8, 4) is 0 Å². The number of aromatic nitrogens is 2. The Morgan fingerprint density at radius 1 is 1.27 bits per heavy atom. The largest absolute Gasteiger partial charge is 0.476 e. The molecule has 1 heterocycles. The Labute approximate surface area is 128 Å². The van der Waals surface area contributed by atoms with Crippen LogP contribution in [0.4, 0.5) is 0 Å². The van der Waals surface area contributed by atoms with E-state index in [1.807, 2.05) is 37.3 Å². The summed E-state index contributed by atoms with van der Waals surface area (Å²) in [4.78, 5) is 23.5. The minimum Gasteiger partial charge on any atom is -0.476 e. The molecule has 6 heteroatoms. The molecule has 1 amide bonds. The lowest BCUT2D eigenvalue weighted by Gasteiger charge is -2.07. The van der Waals surface area contributed by atoms with Crippen molar-refractivity contribution in [2.45, 2.75) is 19.8 Å². The molecule has 0 bridgehead atoms. The zero-order chi connectivity index (χ0) is 16.1. The minimum absolute atomic E-state index is 0.0572. The lowest BCUT2D eigenvalue weighted by atomic mass is 10.1. The number of carboxylic acids is 1. The zero-order valence-electron chi connectivity index (χ0n) is 12.7. The Morgan fingerprint density at radius 2 is 1.95 bits per heavy atom. The fourth-order valence-electron chi connectivity index (χ4n) is 2.41. The van der Waals surface area contributed by atoms with Gasteiger partial charge in [-0.2, -0.15) is 5.10 Å². The van der Waals surface area contributed by atoms with Gasteiger partial charge in [-0.3, -0.25) is 9.48 Å². The maximum atomic E-state index is 12.3. The summed E-state index contributed by atoms with van der Waals surface area (Å²) in [5.41, 5.74) is 1.85. The van der Waals surface area contributed by atoms with Crippen LogP contribution in [0.1, 0.15) is 39.0 Å². The van der Waals surface area contributed by atoms with E-state index in [4.69, 9.17) is 5.11 Å². The quantitative estimate of drug-likeness (QED) is 0.849. The molecular weight excluding hydrogens is 282 g/mol. The number of aromatic carboxylic acids is 1. The molecule has 116 valence electrons. The molecule has 0 spiro atoms. The average Bonchev–Trinajstić information content (AvgIpc) is 2.85. The number of carbonyl (C=O) groups is 2. The maximum absolute atomic E-state index is 12.3. The summed E-state index contributed by atoms with van der Waals surface area (Å²) in [6.07, 6.45) is 1.16. The van der Waals surface area contributed by atoms with Crippen molar-refractivity contribution < 1.29 is 14.7 Å². The summed E-state index contributed by atoms with van der Waals surface area (Å²) in [7, 11) is 1.58. The summed E-state index contributed by atoms with van der Waals surface area (Å²) >= 11 is 0. The van der Waals surface area contributed by atoms with Gasteiger partial charge >= 0.3 is 5.97 Å². The number of benzene rings is 1. The number of nitrogens with zero attached hydrogens (tertiary/aromatic N) is 2. The molecule has 0 atom stereocenters. The van der Waals surface area contributed by atoms with Gasteiger partial charge in [0.05, 0.1) is 0 Å². The first-order valence-electron chi connectivity index (χ1n) is 7.15. The lowest BCUT2D eigenvalue weighted by Crippen LogP contribution is -2.28. The van der Waals surface area contributed by atoms with Crippen LogP contribution in [0.5, 0.6) is 0 Å². The van der Waals surface area contributed by atoms with Crippen molar-refractivity contribution in [1.29, 1.82) is 0 Å². The van der Waals surface area contributed by atoms with E-state index in [9.17, 15) is 9.59 Å². The average molecular weight is 301 g/mol. The third-order valence-corrected chi connectivity index (χ3v) is 3.46. The highest BCUT2D eigenvalue weighted by Crippen LogP contribution is 2.15. The number of carboxylic acid groups (broad SMARTS) is 1. The Balaban J connectivity index is 2.08. The highest BCUT2D eigenvalue weighted by atomic mass is 16.4. The molecule has 1 aromatic heterocycles. The molecule has 0 radical (unpaired) electrons. The van der Waals surface area contributed by atoms with Crippen molar-refractivity contribution in [2.24, 2.45) is 7.05 Å². The fraction of sp³-hybridized carbons (Fsp3) is 0.312. The smallest absolute Gasteiger partial charge is 0.356 e. The predicted octanol–water partition coefficient (Wildman–Crippen LogP) is 1.65. The number of rotatable bonds is 6. The van der Waals surface area contributed by atoms with E-state index in [0.717, 1.165) is 12.0 Å². The van der Waals surface area contributed by atoms with Crippen LogP contribution in [-0.2, 0) is 19.9 Å². The normalized spacial score (nSPS) is 10.5. The van der Waals surface area contributed by atoms with Gasteiger partial charge in [0.2, 0.25) is 0 Å². The van der Waals surface area contributed by atoms with Crippen LogP contribution < -0.4 is 5.32 Å². The van der Waals surface area contributed by atoms with Crippen molar-refractivity contribution in [3.05, 3.63) is 52.8 Å². The number of hydrogen-bond acceptors (Lipinski definition) is 3. The molecule has 1 aromatic carbocycles. The SMILES string of the molecule is CCc1c(C(=O)O)nn(C)c1C(=O)NCCc1ccccc1. The summed E-state index contributed by atoms with van der Waals surface area (Å²) in [5, 5.41) is 15.9. The third-order valence-electron chi connectivity index (χ3n) is 3.46. The monoisotopic (exact) mass is 301 g/mol. The second-order valence-electron chi connectivity index (χ2n) is 4.95. The highest BCUT2D eigenvalue weighted by molar-refractivity contribution is 5.98. The van der Waals surface area contributed by atoms with Gasteiger partial charge in [0.1, 0.15) is 5.69 Å². The van der Waals surface area contributed by atoms with E-state index in [1.54, 1.807) is 7.05 Å². The van der Waals surface area contributed by atoms with Crippen LogP contribution in [0, 0.1) is 0 Å². The molecular formula is C16H19N3O3. The maximum Gasteiger partial charge on any atom is 0.356 e. The minimum atomic E-state index is -1.12. The van der Waals surface area contributed by atoms with E-state index >= 15 is 0 Å². The Hall–Kier alpha value is -2.63. The highest BCUT2D eigenvalue weighted by Gasteiger charge is 2.24. The van der Waals surface area contributed by atoms with E-state index in [1.165, 1.54) is 4.68 Å². The molecule has 0 saturated heterocycles. The Morgan fingerprint density at radius 3 is 2.55 bits per heavy atom. The van der Waals surface area contributed by atoms with Crippen molar-refractivity contribution in [2.75, 3.05) is 6.54 Å². The molecule has 22 heavy (non-hydrogen) atoms. The summed E-state index contributed by atoms with van der Waals surface area (Å²) in [6, 6.07) is 9.84. The molecule has 0 aliphatic heterocycles. The van der Waals surface area contributed by atoms with Gasteiger partial charge < -0.3 is 10.4 Å². The fourth-order valence-corrected chi connectivity index (χ4v) is 2.41. The second-order valence-corrected chi connectivity index (χ2v) is 4.95. The van der Waals surface area contributed by atoms with Gasteiger partial charge in [0.15, 0.2) is 5.69 Å². The van der Waals surface area contributed by atoms with Crippen LogP contribution in [0.2, 0.25) is 0 Å². The zero-order valence-corrected chi connectivity index (χ0v) is 12.7. The van der Waals surface area contributed by atoms with Crippen molar-refractivity contribution in [1.82, 2.24) is 15.1 Å². The molecule has 2 rings (SSSR count). The van der Waals surface area contributed by atoms with Gasteiger partial charge in [-0.15, -0.1) is 0 Å². The van der Waals surface area contributed by atoms with E-state index < -0.39 is 5.97 Å². The number of nitrogens with one attached hydrogen (secondary N) is 1. The second kappa shape index (κ2) is 6.89. The molecule has 0 aliphatic rings. The Bertz CT molecular complexity index is 677. The van der Waals surface area contributed by atoms with E-state index in [-0.39, 0.29) is 11.6 Å². The molecule has 0 saturated carbocycles. The van der Waals surface area contributed by atoms with Crippen LogP contribution in [0.15, 0.2) is 30.3 Å². The summed E-state index contributed by atoms with van der Waals surface area (Å²) in [5.74, 6) is -1.41. The lowest BCUT2D eigenvalue weighted by molar-refractivity contribution is 0.0688. The standard InChI is InChI=1S/C16H19N3O3/c1-3-12-13(16(21)22)18-19(2)14(12)15(20)17-10-9-11-7-5-4-6-8-11/h4-8H,3,9-10H2,1-2H3,(H,17,20)(H,21,22). The number of aryl methyl sites for hydroxylation is 1. The molecule has 0 aliphatic carbocycles. The summed E-state index contributed by atoms with van der Waals surface area (Å²) < 4.78 is 1.33. The van der Waals surface area contributed by atoms with Gasteiger partial charge in [-0.25, -0.2) is 4.79 Å². The number of carbonyl (C=O) groups excluding carboxylic acids is 1. The molecule has 0 unspecified atom stereocenters. The van der Waals surface area contributed by atoms with Crippen molar-refractivity contribution in [3.63, 3.8) is 0 Å². The van der Waals surface area contributed by atoms with Crippen LogP contribution >= 0.6 is 0 Å². The molecule has 6 nitrogen and oxygen atoms in total. The molecule has 2 N–H and O–H groups in total. The van der Waals surface area contributed by atoms with Gasteiger partial charge in [-0.1, -0.05) is 37.3 Å². The molecule has 2 aromatic rings. The first kappa shape index (κ1) is 15.8. The molecule has 0 fully saturated rings. The Kier molecular flexibility index (Phi) is 4.93. The predicted molar refractivity (Wildman–Crippen MR) is 82.0 cm³/mol. The van der Waals surface area contributed by atoms with Gasteiger partial charge in [-0.05, 0) is 18.4 Å². The van der Waals surface area contributed by atoms with Crippen molar-refractivity contribution >= 4 is 11.9 Å². The number of amides is 1.